The summed E-state index contributed by atoms with van der Waals surface area (Å²) in [6.07, 6.45) is 2.69. The number of pyridine rings is 2. The summed E-state index contributed by atoms with van der Waals surface area (Å²) in [6, 6.07) is 13.8. The minimum atomic E-state index is -1.69. The van der Waals surface area contributed by atoms with Crippen LogP contribution in [0, 0.1) is 0 Å². The molecule has 10 heteroatoms. The number of hydrogen-bond acceptors (Lipinski definition) is 7. The van der Waals surface area contributed by atoms with E-state index < -0.39 is 25.7 Å². The lowest BCUT2D eigenvalue weighted by molar-refractivity contribution is 0.0515. The summed E-state index contributed by atoms with van der Waals surface area (Å²) in [7, 11) is -0.126. The molecule has 0 aliphatic rings. The number of nitrogens with zero attached hydrogens (tertiary/aromatic N) is 3. The fourth-order valence-corrected chi connectivity index (χ4v) is 5.81. The molecule has 0 aliphatic carbocycles. The Morgan fingerprint density at radius 2 is 1.78 bits per heavy atom. The van der Waals surface area contributed by atoms with Gasteiger partial charge in [-0.25, -0.2) is 19.6 Å². The Kier molecular flexibility index (Phi) is 8.53. The molecule has 0 radical (unpaired) electrons. The second-order valence-corrected chi connectivity index (χ2v) is 16.8. The van der Waals surface area contributed by atoms with Gasteiger partial charge in [0.15, 0.2) is 0 Å². The number of carbonyl (C=O) groups excluding carboxylic acids is 2. The Morgan fingerprint density at radius 1 is 1.02 bits per heavy atom. The molecule has 0 unspecified atom stereocenters. The summed E-state index contributed by atoms with van der Waals surface area (Å²) in [5.41, 5.74) is 2.88. The molecule has 41 heavy (non-hydrogen) atoms. The summed E-state index contributed by atoms with van der Waals surface area (Å²) in [5.74, 6) is 0.324. The van der Waals surface area contributed by atoms with Crippen molar-refractivity contribution in [2.24, 2.45) is 0 Å². The predicted octanol–water partition coefficient (Wildman–Crippen LogP) is 6.22. The van der Waals surface area contributed by atoms with E-state index in [0.29, 0.717) is 35.1 Å². The molecule has 0 saturated carbocycles. The Balaban J connectivity index is 1.92. The third-order valence-corrected chi connectivity index (χ3v) is 8.47. The normalized spacial score (nSPS) is 11.8. The van der Waals surface area contributed by atoms with Crippen molar-refractivity contribution < 1.29 is 23.8 Å². The summed E-state index contributed by atoms with van der Waals surface area (Å²) < 4.78 is 18.6. The maximum Gasteiger partial charge on any atom is 0.413 e. The maximum atomic E-state index is 13.7. The van der Waals surface area contributed by atoms with E-state index in [1.807, 2.05) is 22.8 Å². The van der Waals surface area contributed by atoms with E-state index in [1.165, 1.54) is 5.19 Å². The number of nitrogens with one attached hydrogen (secondary N) is 1. The van der Waals surface area contributed by atoms with Crippen LogP contribution in [0.15, 0.2) is 54.9 Å². The Morgan fingerprint density at radius 3 is 2.44 bits per heavy atom. The summed E-state index contributed by atoms with van der Waals surface area (Å²) in [4.78, 5) is 34.7. The number of fused-ring (bicyclic) bond motifs is 1. The molecule has 3 heterocycles. The van der Waals surface area contributed by atoms with Crippen LogP contribution in [-0.2, 0) is 16.0 Å². The second kappa shape index (κ2) is 11.7. The van der Waals surface area contributed by atoms with Gasteiger partial charge in [0.25, 0.3) is 0 Å². The Bertz CT molecular complexity index is 1580. The highest BCUT2D eigenvalue weighted by molar-refractivity contribution is 6.88. The number of esters is 1. The van der Waals surface area contributed by atoms with Gasteiger partial charge in [-0.1, -0.05) is 37.0 Å². The first-order chi connectivity index (χ1) is 19.3. The molecular formula is C31H38N4O5Si. The summed E-state index contributed by atoms with van der Waals surface area (Å²) in [6.45, 7) is 14.6. The second-order valence-electron chi connectivity index (χ2n) is 11.7. The van der Waals surface area contributed by atoms with Gasteiger partial charge < -0.3 is 18.8 Å². The van der Waals surface area contributed by atoms with E-state index in [4.69, 9.17) is 14.2 Å². The van der Waals surface area contributed by atoms with Gasteiger partial charge in [-0.15, -0.1) is 0 Å². The van der Waals surface area contributed by atoms with Crippen molar-refractivity contribution in [3.8, 4) is 17.0 Å². The zero-order valence-corrected chi connectivity index (χ0v) is 26.0. The number of methoxy groups -OCH3 is 1. The van der Waals surface area contributed by atoms with Crippen LogP contribution in [0.3, 0.4) is 0 Å². The minimum absolute atomic E-state index is 0.226. The molecule has 1 aromatic carbocycles. The molecule has 0 saturated heterocycles. The zero-order chi connectivity index (χ0) is 29.9. The lowest BCUT2D eigenvalue weighted by Gasteiger charge is -2.19. The van der Waals surface area contributed by atoms with Crippen molar-refractivity contribution in [2.75, 3.05) is 19.0 Å². The highest BCUT2D eigenvalue weighted by Crippen LogP contribution is 2.39. The Labute approximate surface area is 241 Å². The van der Waals surface area contributed by atoms with Gasteiger partial charge >= 0.3 is 12.1 Å². The first kappa shape index (κ1) is 29.8. The molecule has 0 fully saturated rings. The fraction of sp³-hybridized carbons (Fsp3) is 0.355. The van der Waals surface area contributed by atoms with Crippen molar-refractivity contribution >= 4 is 42.0 Å². The third-order valence-electron chi connectivity index (χ3n) is 6.43. The number of aromatic nitrogens is 3. The third kappa shape index (κ3) is 6.76. The van der Waals surface area contributed by atoms with Gasteiger partial charge in [0.1, 0.15) is 17.1 Å². The summed E-state index contributed by atoms with van der Waals surface area (Å²) in [5, 5.41) is 4.87. The molecule has 4 aromatic rings. The fourth-order valence-electron chi connectivity index (χ4n) is 4.65. The van der Waals surface area contributed by atoms with E-state index in [0.717, 1.165) is 16.5 Å². The van der Waals surface area contributed by atoms with E-state index in [-0.39, 0.29) is 6.61 Å². The van der Waals surface area contributed by atoms with Crippen molar-refractivity contribution in [2.45, 2.75) is 59.5 Å². The van der Waals surface area contributed by atoms with E-state index in [2.05, 4.69) is 53.1 Å². The largest absolute Gasteiger partial charge is 0.481 e. The van der Waals surface area contributed by atoms with Gasteiger partial charge in [-0.05, 0) is 63.6 Å². The zero-order valence-electron chi connectivity index (χ0n) is 25.0. The van der Waals surface area contributed by atoms with Crippen LogP contribution in [0.2, 0.25) is 19.6 Å². The number of anilines is 1. The van der Waals surface area contributed by atoms with Crippen LogP contribution < -0.4 is 15.2 Å². The molecule has 0 bridgehead atoms. The lowest BCUT2D eigenvalue weighted by Crippen LogP contribution is -2.37. The van der Waals surface area contributed by atoms with Crippen LogP contribution in [-0.4, -0.2) is 54.0 Å². The van der Waals surface area contributed by atoms with Crippen molar-refractivity contribution in [1.29, 1.82) is 0 Å². The first-order valence-corrected chi connectivity index (χ1v) is 17.1. The lowest BCUT2D eigenvalue weighted by atomic mass is 10.0. The molecule has 4 rings (SSSR count). The number of rotatable bonds is 8. The van der Waals surface area contributed by atoms with Crippen LogP contribution in [0.25, 0.3) is 22.0 Å². The van der Waals surface area contributed by atoms with Gasteiger partial charge in [0.05, 0.1) is 21.8 Å². The van der Waals surface area contributed by atoms with E-state index in [9.17, 15) is 9.59 Å². The monoisotopic (exact) mass is 574 g/mol. The molecule has 1 N–H and O–H groups in total. The molecule has 0 spiro atoms. The average Bonchev–Trinajstić information content (AvgIpc) is 3.20. The molecule has 1 amide bonds. The number of hydrogen-bond donors (Lipinski definition) is 1. The highest BCUT2D eigenvalue weighted by atomic mass is 28.3. The van der Waals surface area contributed by atoms with Gasteiger partial charge in [-0.2, -0.15) is 0 Å². The molecule has 9 nitrogen and oxygen atoms in total. The van der Waals surface area contributed by atoms with Gasteiger partial charge in [-0.3, -0.25) is 5.32 Å². The van der Waals surface area contributed by atoms with Crippen molar-refractivity contribution in [3.63, 3.8) is 0 Å². The minimum Gasteiger partial charge on any atom is -0.481 e. The van der Waals surface area contributed by atoms with Crippen molar-refractivity contribution in [1.82, 2.24) is 14.5 Å². The van der Waals surface area contributed by atoms with Gasteiger partial charge in [0.2, 0.25) is 5.88 Å². The molecule has 0 aliphatic heterocycles. The topological polar surface area (TPSA) is 105 Å². The molecule has 0 atom stereocenters. The number of benzene rings is 1. The van der Waals surface area contributed by atoms with Crippen LogP contribution >= 0.6 is 0 Å². The van der Waals surface area contributed by atoms with Crippen LogP contribution in [0.5, 0.6) is 5.88 Å². The summed E-state index contributed by atoms with van der Waals surface area (Å²) >= 11 is 0. The molecule has 216 valence electrons. The quantitative estimate of drug-likeness (QED) is 0.197. The smallest absolute Gasteiger partial charge is 0.413 e. The average molecular weight is 575 g/mol. The standard InChI is InChI=1S/C31H38N4O5Si/c1-9-39-29(36)27-26(22-11-10-15-33-28(22)38-5)23-18-21(41(6,7)8)12-13-24(23)35(27)19-20-14-16-32-25(17-20)34-30(37)40-31(2,3)4/h10-18H,9,19H2,1-8H3,(H,32,34,37). The SMILES string of the molecule is CCOC(=O)c1c(-c2cccnc2OC)c2cc([Si](C)(C)C)ccc2n1Cc1ccnc(NC(=O)OC(C)(C)C)c1. The number of carbonyl (C=O) groups is 2. The van der Waals surface area contributed by atoms with E-state index >= 15 is 0 Å². The predicted molar refractivity (Wildman–Crippen MR) is 164 cm³/mol. The van der Waals surface area contributed by atoms with Crippen molar-refractivity contribution in [3.05, 3.63) is 66.1 Å². The molecule has 3 aromatic heterocycles. The Hall–Kier alpha value is -4.18. The number of amides is 1. The first-order valence-electron chi connectivity index (χ1n) is 13.6. The van der Waals surface area contributed by atoms with Crippen LogP contribution in [0.4, 0.5) is 10.6 Å². The maximum absolute atomic E-state index is 13.7. The van der Waals surface area contributed by atoms with Gasteiger partial charge in [0, 0.05) is 41.0 Å². The highest BCUT2D eigenvalue weighted by Gasteiger charge is 2.29. The van der Waals surface area contributed by atoms with E-state index in [1.54, 1.807) is 53.3 Å². The number of ether oxygens (including phenoxy) is 3. The molecular weight excluding hydrogens is 536 g/mol. The van der Waals surface area contributed by atoms with Crippen LogP contribution in [0.1, 0.15) is 43.7 Å².